The van der Waals surface area contributed by atoms with Gasteiger partial charge in [0.25, 0.3) is 0 Å². The lowest BCUT2D eigenvalue weighted by Crippen LogP contribution is -2.41. The van der Waals surface area contributed by atoms with Gasteiger partial charge >= 0.3 is 0 Å². The second kappa shape index (κ2) is 8.96. The molecule has 0 N–H and O–H groups in total. The van der Waals surface area contributed by atoms with Crippen LogP contribution in [-0.2, 0) is 14.6 Å². The van der Waals surface area contributed by atoms with Gasteiger partial charge in [-0.3, -0.25) is 4.79 Å². The molecule has 1 saturated carbocycles. The SMILES string of the molecule is COc1cc(/C=C/C(=O)N(C2CC2)C2CCS(=O)(=O)C2)cc(Cl)c1OCC(C)C. The van der Waals surface area contributed by atoms with E-state index in [1.165, 1.54) is 6.08 Å². The van der Waals surface area contributed by atoms with E-state index < -0.39 is 9.84 Å². The molecule has 1 atom stereocenters. The van der Waals surface area contributed by atoms with Gasteiger partial charge in [0.1, 0.15) is 0 Å². The van der Waals surface area contributed by atoms with Crippen LogP contribution >= 0.6 is 11.6 Å². The highest BCUT2D eigenvalue weighted by molar-refractivity contribution is 7.91. The molecule has 3 rings (SSSR count). The standard InChI is InChI=1S/C21H28ClNO5S/c1-14(2)12-28-21-18(22)10-15(11-19(21)27-3)4-7-20(24)23(16-5-6-16)17-8-9-29(25,26)13-17/h4,7,10-11,14,16-17H,5-6,8-9,12-13H2,1-3H3/b7-4+. The Morgan fingerprint density at radius 1 is 1.28 bits per heavy atom. The molecule has 1 heterocycles. The number of carbonyl (C=O) groups excluding carboxylic acids is 1. The minimum absolute atomic E-state index is 0.0601. The van der Waals surface area contributed by atoms with Crippen molar-refractivity contribution in [3.8, 4) is 11.5 Å². The Hall–Kier alpha value is -1.73. The van der Waals surface area contributed by atoms with Crippen LogP contribution in [0.1, 0.15) is 38.7 Å². The lowest BCUT2D eigenvalue weighted by atomic mass is 10.1. The summed E-state index contributed by atoms with van der Waals surface area (Å²) in [6, 6.07) is 3.42. The van der Waals surface area contributed by atoms with E-state index in [9.17, 15) is 13.2 Å². The van der Waals surface area contributed by atoms with E-state index in [2.05, 4.69) is 0 Å². The molecule has 6 nitrogen and oxygen atoms in total. The fourth-order valence-corrected chi connectivity index (χ4v) is 5.47. The molecule has 8 heteroatoms. The second-order valence-electron chi connectivity index (χ2n) is 8.11. The maximum absolute atomic E-state index is 12.8. The maximum Gasteiger partial charge on any atom is 0.247 e. The average molecular weight is 442 g/mol. The molecule has 29 heavy (non-hydrogen) atoms. The number of rotatable bonds is 8. The molecule has 1 aromatic rings. The lowest BCUT2D eigenvalue weighted by molar-refractivity contribution is -0.128. The quantitative estimate of drug-likeness (QED) is 0.576. The molecule has 1 amide bonds. The van der Waals surface area contributed by atoms with Crippen LogP contribution in [0.4, 0.5) is 0 Å². The van der Waals surface area contributed by atoms with Crippen molar-refractivity contribution in [3.63, 3.8) is 0 Å². The third-order valence-electron chi connectivity index (χ3n) is 5.03. The number of nitrogens with zero attached hydrogens (tertiary/aromatic N) is 1. The van der Waals surface area contributed by atoms with Crippen molar-refractivity contribution in [1.82, 2.24) is 4.90 Å². The Bertz CT molecular complexity index is 893. The number of hydrogen-bond donors (Lipinski definition) is 0. The van der Waals surface area contributed by atoms with Gasteiger partial charge in [-0.15, -0.1) is 0 Å². The lowest BCUT2D eigenvalue weighted by Gasteiger charge is -2.27. The molecule has 0 radical (unpaired) electrons. The number of carbonyl (C=O) groups is 1. The molecule has 2 fully saturated rings. The highest BCUT2D eigenvalue weighted by Crippen LogP contribution is 2.37. The summed E-state index contributed by atoms with van der Waals surface area (Å²) in [4.78, 5) is 14.6. The second-order valence-corrected chi connectivity index (χ2v) is 10.7. The molecular formula is C21H28ClNO5S. The molecule has 0 aromatic heterocycles. The molecule has 1 aliphatic carbocycles. The molecule has 1 unspecified atom stereocenters. The minimum atomic E-state index is -3.04. The normalized spacial score (nSPS) is 20.9. The van der Waals surface area contributed by atoms with Crippen molar-refractivity contribution >= 4 is 33.4 Å². The first-order valence-electron chi connectivity index (χ1n) is 9.91. The van der Waals surface area contributed by atoms with Crippen LogP contribution in [0.2, 0.25) is 5.02 Å². The van der Waals surface area contributed by atoms with E-state index in [4.69, 9.17) is 21.1 Å². The van der Waals surface area contributed by atoms with Crippen LogP contribution < -0.4 is 9.47 Å². The fourth-order valence-electron chi connectivity index (χ4n) is 3.49. The number of amides is 1. The van der Waals surface area contributed by atoms with Gasteiger partial charge in [0.2, 0.25) is 5.91 Å². The summed E-state index contributed by atoms with van der Waals surface area (Å²) in [5.74, 6) is 1.39. The summed E-state index contributed by atoms with van der Waals surface area (Å²) in [5, 5.41) is 0.415. The summed E-state index contributed by atoms with van der Waals surface area (Å²) in [6.45, 7) is 4.61. The van der Waals surface area contributed by atoms with Crippen molar-refractivity contribution in [2.24, 2.45) is 5.92 Å². The van der Waals surface area contributed by atoms with Crippen molar-refractivity contribution < 1.29 is 22.7 Å². The molecule has 2 aliphatic rings. The highest BCUT2D eigenvalue weighted by Gasteiger charge is 2.41. The number of ether oxygens (including phenoxy) is 2. The van der Waals surface area contributed by atoms with Gasteiger partial charge in [0.05, 0.1) is 30.2 Å². The topological polar surface area (TPSA) is 72.9 Å². The van der Waals surface area contributed by atoms with Gasteiger partial charge in [-0.1, -0.05) is 25.4 Å². The minimum Gasteiger partial charge on any atom is -0.493 e. The zero-order valence-electron chi connectivity index (χ0n) is 17.1. The van der Waals surface area contributed by atoms with Crippen molar-refractivity contribution in [1.29, 1.82) is 0 Å². The van der Waals surface area contributed by atoms with Gasteiger partial charge in [-0.05, 0) is 49.0 Å². The number of halogens is 1. The molecule has 160 valence electrons. The summed E-state index contributed by atoms with van der Waals surface area (Å²) < 4.78 is 34.8. The third-order valence-corrected chi connectivity index (χ3v) is 7.06. The molecular weight excluding hydrogens is 414 g/mol. The smallest absolute Gasteiger partial charge is 0.247 e. The molecule has 0 spiro atoms. The van der Waals surface area contributed by atoms with E-state index in [1.807, 2.05) is 13.8 Å². The molecule has 1 aliphatic heterocycles. The summed E-state index contributed by atoms with van der Waals surface area (Å²) >= 11 is 6.37. The van der Waals surface area contributed by atoms with E-state index >= 15 is 0 Å². The zero-order chi connectivity index (χ0) is 21.2. The average Bonchev–Trinajstić information content (AvgIpc) is 3.41. The summed E-state index contributed by atoms with van der Waals surface area (Å²) in [7, 11) is -1.50. The maximum atomic E-state index is 12.8. The van der Waals surface area contributed by atoms with Crippen LogP contribution in [0.15, 0.2) is 18.2 Å². The molecule has 1 saturated heterocycles. The predicted molar refractivity (Wildman–Crippen MR) is 114 cm³/mol. The highest BCUT2D eigenvalue weighted by atomic mass is 35.5. The molecule has 1 aromatic carbocycles. The van der Waals surface area contributed by atoms with Gasteiger partial charge in [0, 0.05) is 18.2 Å². The first kappa shape index (κ1) is 22.0. The van der Waals surface area contributed by atoms with Gasteiger partial charge in [-0.2, -0.15) is 0 Å². The number of benzene rings is 1. The van der Waals surface area contributed by atoms with Crippen molar-refractivity contribution in [2.75, 3.05) is 25.2 Å². The monoisotopic (exact) mass is 441 g/mol. The Morgan fingerprint density at radius 3 is 2.55 bits per heavy atom. The Labute approximate surface area is 177 Å². The van der Waals surface area contributed by atoms with Gasteiger partial charge < -0.3 is 14.4 Å². The summed E-state index contributed by atoms with van der Waals surface area (Å²) in [5.41, 5.74) is 0.715. The number of hydrogen-bond acceptors (Lipinski definition) is 5. The van der Waals surface area contributed by atoms with Gasteiger partial charge in [-0.25, -0.2) is 8.42 Å². The van der Waals surface area contributed by atoms with Crippen LogP contribution in [0.5, 0.6) is 11.5 Å². The summed E-state index contributed by atoms with van der Waals surface area (Å²) in [6.07, 6.45) is 5.54. The number of sulfone groups is 1. The Balaban J connectivity index is 1.75. The fraction of sp³-hybridized carbons (Fsp3) is 0.571. The van der Waals surface area contributed by atoms with E-state index in [0.29, 0.717) is 41.0 Å². The van der Waals surface area contributed by atoms with Crippen LogP contribution in [0, 0.1) is 5.92 Å². The first-order chi connectivity index (χ1) is 13.7. The largest absolute Gasteiger partial charge is 0.493 e. The van der Waals surface area contributed by atoms with Crippen LogP contribution in [0.3, 0.4) is 0 Å². The van der Waals surface area contributed by atoms with E-state index in [1.54, 1.807) is 30.2 Å². The van der Waals surface area contributed by atoms with Crippen molar-refractivity contribution in [3.05, 3.63) is 28.8 Å². The van der Waals surface area contributed by atoms with Crippen LogP contribution in [0.25, 0.3) is 6.08 Å². The van der Waals surface area contributed by atoms with Crippen molar-refractivity contribution in [2.45, 2.75) is 45.2 Å². The van der Waals surface area contributed by atoms with Gasteiger partial charge in [0.15, 0.2) is 21.3 Å². The van der Waals surface area contributed by atoms with E-state index in [0.717, 1.165) is 12.8 Å². The zero-order valence-corrected chi connectivity index (χ0v) is 18.6. The van der Waals surface area contributed by atoms with E-state index in [-0.39, 0.29) is 29.5 Å². The third kappa shape index (κ3) is 5.66. The van der Waals surface area contributed by atoms with Crippen LogP contribution in [-0.4, -0.2) is 56.5 Å². The first-order valence-corrected chi connectivity index (χ1v) is 12.1. The predicted octanol–water partition coefficient (Wildman–Crippen LogP) is 3.57. The molecule has 0 bridgehead atoms. The Morgan fingerprint density at radius 2 is 2.00 bits per heavy atom. The number of methoxy groups -OCH3 is 1. The Kier molecular flexibility index (Phi) is 6.79.